The molecule has 0 saturated carbocycles. The molecule has 4 aromatic carbocycles. The number of ether oxygens (including phenoxy) is 3. The fraction of sp³-hybridized carbons (Fsp3) is 0.138. The predicted molar refractivity (Wildman–Crippen MR) is 135 cm³/mol. The largest absolute Gasteiger partial charge is 0.460 e. The van der Waals surface area contributed by atoms with Crippen LogP contribution in [0.4, 0.5) is 0 Å². The van der Waals surface area contributed by atoms with E-state index in [1.54, 1.807) is 30.3 Å². The molecule has 5 rings (SSSR count). The Bertz CT molecular complexity index is 1380. The molecule has 8 heteroatoms. The number of hydrogen-bond donors (Lipinski definition) is 1. The molecule has 0 aliphatic carbocycles. The number of esters is 1. The van der Waals surface area contributed by atoms with Crippen molar-refractivity contribution in [3.05, 3.63) is 142 Å². The summed E-state index contributed by atoms with van der Waals surface area (Å²) in [6, 6.07) is 31.5. The van der Waals surface area contributed by atoms with Gasteiger partial charge in [-0.05, 0) is 28.8 Å². The molecule has 1 N–H and O–H groups in total. The lowest BCUT2D eigenvalue weighted by Gasteiger charge is -2.28. The fourth-order valence-electron chi connectivity index (χ4n) is 4.21. The van der Waals surface area contributed by atoms with E-state index in [4.69, 9.17) is 19.7 Å². The second-order valence-electron chi connectivity index (χ2n) is 8.45. The highest BCUT2D eigenvalue weighted by atomic mass is 16.7. The summed E-state index contributed by atoms with van der Waals surface area (Å²) in [7, 11) is 0. The van der Waals surface area contributed by atoms with Crippen molar-refractivity contribution in [2.24, 2.45) is 5.11 Å². The molecule has 0 spiro atoms. The minimum atomic E-state index is -1.48. The van der Waals surface area contributed by atoms with Gasteiger partial charge in [-0.15, -0.1) is 0 Å². The summed E-state index contributed by atoms with van der Waals surface area (Å²) in [4.78, 5) is 15.5. The van der Waals surface area contributed by atoms with Crippen LogP contribution in [0.2, 0.25) is 0 Å². The van der Waals surface area contributed by atoms with Crippen LogP contribution in [0.5, 0.6) is 11.5 Å². The molecule has 1 aliphatic rings. The summed E-state index contributed by atoms with van der Waals surface area (Å²) in [6.45, 7) is -0.0122. The Morgan fingerprint density at radius 1 is 0.865 bits per heavy atom. The summed E-state index contributed by atoms with van der Waals surface area (Å²) < 4.78 is 18.1. The normalized spacial score (nSPS) is 14.7. The van der Waals surface area contributed by atoms with E-state index in [0.717, 1.165) is 16.7 Å². The van der Waals surface area contributed by atoms with E-state index < -0.39 is 23.9 Å². The standard InChI is InChI=1S/C29H23N3O5/c30-32-31-26(28(34)35-19-20-10-4-1-5-11-20)27(33)21-16-17-24-25(18-21)37-29(36-24,22-12-6-2-7-13-22)23-14-8-3-9-15-23/h1-18,26-27,33H,19H2. The lowest BCUT2D eigenvalue weighted by atomic mass is 9.97. The monoisotopic (exact) mass is 493 g/mol. The van der Waals surface area contributed by atoms with Gasteiger partial charge in [-0.2, -0.15) is 0 Å². The minimum absolute atomic E-state index is 0.0122. The van der Waals surface area contributed by atoms with Gasteiger partial charge in [-0.1, -0.05) is 102 Å². The first kappa shape index (κ1) is 23.9. The second kappa shape index (κ2) is 10.5. The number of fused-ring (bicyclic) bond motifs is 1. The Kier molecular flexibility index (Phi) is 6.76. The number of azide groups is 1. The van der Waals surface area contributed by atoms with E-state index in [1.165, 1.54) is 0 Å². The number of benzene rings is 4. The van der Waals surface area contributed by atoms with Crippen LogP contribution in [0, 0.1) is 0 Å². The van der Waals surface area contributed by atoms with Gasteiger partial charge in [-0.3, -0.25) is 4.79 Å². The molecule has 0 saturated heterocycles. The molecular weight excluding hydrogens is 470 g/mol. The van der Waals surface area contributed by atoms with Crippen molar-refractivity contribution >= 4 is 5.97 Å². The van der Waals surface area contributed by atoms with Crippen LogP contribution in [0.3, 0.4) is 0 Å². The summed E-state index contributed by atoms with van der Waals surface area (Å²) in [6.07, 6.45) is -1.46. The Labute approximate surface area is 213 Å². The summed E-state index contributed by atoms with van der Waals surface area (Å²) in [5.74, 6) is -1.22. The number of aliphatic hydroxyl groups excluding tert-OH is 1. The summed E-state index contributed by atoms with van der Waals surface area (Å²) in [5, 5.41) is 14.5. The molecule has 0 aromatic heterocycles. The SMILES string of the molecule is [N-]=[N+]=NC(C(=O)OCc1ccccc1)C(O)c1ccc2c(c1)OC(c1ccccc1)(c1ccccc1)O2. The quantitative estimate of drug-likeness (QED) is 0.144. The van der Waals surface area contributed by atoms with Crippen molar-refractivity contribution in [2.75, 3.05) is 0 Å². The van der Waals surface area contributed by atoms with Crippen molar-refractivity contribution in [1.82, 2.24) is 0 Å². The predicted octanol–water partition coefficient (Wildman–Crippen LogP) is 5.81. The Morgan fingerprint density at radius 3 is 2.03 bits per heavy atom. The van der Waals surface area contributed by atoms with Gasteiger partial charge in [0.1, 0.15) is 6.61 Å². The number of hydrogen-bond acceptors (Lipinski definition) is 6. The van der Waals surface area contributed by atoms with Gasteiger partial charge in [0.25, 0.3) is 0 Å². The Balaban J connectivity index is 1.41. The smallest absolute Gasteiger partial charge is 0.318 e. The number of carbonyl (C=O) groups excluding carboxylic acids is 1. The third kappa shape index (κ3) is 4.84. The van der Waals surface area contributed by atoms with Gasteiger partial charge in [0.2, 0.25) is 0 Å². The number of rotatable bonds is 8. The van der Waals surface area contributed by atoms with Crippen molar-refractivity contribution < 1.29 is 24.1 Å². The van der Waals surface area contributed by atoms with Crippen LogP contribution in [-0.4, -0.2) is 17.1 Å². The molecule has 8 nitrogen and oxygen atoms in total. The van der Waals surface area contributed by atoms with Gasteiger partial charge in [-0.25, -0.2) is 0 Å². The maximum absolute atomic E-state index is 12.7. The van der Waals surface area contributed by atoms with Gasteiger partial charge in [0.05, 0.1) is 6.10 Å². The van der Waals surface area contributed by atoms with Crippen LogP contribution >= 0.6 is 0 Å². The fourth-order valence-corrected chi connectivity index (χ4v) is 4.21. The molecule has 4 aromatic rings. The van der Waals surface area contributed by atoms with E-state index in [-0.39, 0.29) is 6.61 Å². The Morgan fingerprint density at radius 2 is 1.43 bits per heavy atom. The first-order valence-electron chi connectivity index (χ1n) is 11.7. The maximum Gasteiger partial charge on any atom is 0.318 e. The van der Waals surface area contributed by atoms with Crippen LogP contribution < -0.4 is 9.47 Å². The minimum Gasteiger partial charge on any atom is -0.460 e. The highest BCUT2D eigenvalue weighted by Crippen LogP contribution is 2.48. The number of carbonyl (C=O) groups is 1. The molecule has 37 heavy (non-hydrogen) atoms. The summed E-state index contributed by atoms with van der Waals surface area (Å²) >= 11 is 0. The van der Waals surface area contributed by atoms with Gasteiger partial charge < -0.3 is 19.3 Å². The van der Waals surface area contributed by atoms with Gasteiger partial charge in [0, 0.05) is 16.0 Å². The zero-order valence-electron chi connectivity index (χ0n) is 19.7. The van der Waals surface area contributed by atoms with Gasteiger partial charge in [0.15, 0.2) is 17.5 Å². The summed E-state index contributed by atoms with van der Waals surface area (Å²) in [5.41, 5.74) is 11.7. The first-order valence-corrected chi connectivity index (χ1v) is 11.7. The maximum atomic E-state index is 12.7. The zero-order chi connectivity index (χ0) is 25.7. The highest BCUT2D eigenvalue weighted by molar-refractivity contribution is 5.77. The van der Waals surface area contributed by atoms with Crippen molar-refractivity contribution in [1.29, 1.82) is 0 Å². The van der Waals surface area contributed by atoms with Crippen LogP contribution in [0.1, 0.15) is 28.4 Å². The van der Waals surface area contributed by atoms with E-state index in [2.05, 4.69) is 10.0 Å². The van der Waals surface area contributed by atoms with E-state index >= 15 is 0 Å². The third-order valence-electron chi connectivity index (χ3n) is 6.06. The average Bonchev–Trinajstić information content (AvgIpc) is 3.36. The molecule has 0 radical (unpaired) electrons. The number of nitrogens with zero attached hydrogens (tertiary/aromatic N) is 3. The van der Waals surface area contributed by atoms with Crippen molar-refractivity contribution in [3.63, 3.8) is 0 Å². The number of aliphatic hydroxyl groups is 1. The third-order valence-corrected chi connectivity index (χ3v) is 6.06. The van der Waals surface area contributed by atoms with Crippen LogP contribution in [0.25, 0.3) is 10.4 Å². The molecule has 2 atom stereocenters. The molecule has 1 heterocycles. The molecule has 2 unspecified atom stereocenters. The van der Waals surface area contributed by atoms with E-state index in [0.29, 0.717) is 17.1 Å². The molecule has 1 aliphatic heterocycles. The molecule has 0 fully saturated rings. The van der Waals surface area contributed by atoms with Gasteiger partial charge >= 0.3 is 11.8 Å². The van der Waals surface area contributed by atoms with Crippen LogP contribution in [-0.2, 0) is 21.9 Å². The second-order valence-corrected chi connectivity index (χ2v) is 8.45. The van der Waals surface area contributed by atoms with Crippen molar-refractivity contribution in [3.8, 4) is 11.5 Å². The zero-order valence-corrected chi connectivity index (χ0v) is 19.7. The first-order chi connectivity index (χ1) is 18.1. The average molecular weight is 494 g/mol. The lowest BCUT2D eigenvalue weighted by molar-refractivity contribution is -0.149. The molecule has 0 bridgehead atoms. The van der Waals surface area contributed by atoms with E-state index in [9.17, 15) is 9.90 Å². The lowest BCUT2D eigenvalue weighted by Crippen LogP contribution is -2.36. The molecular formula is C29H23N3O5. The van der Waals surface area contributed by atoms with E-state index in [1.807, 2.05) is 78.9 Å². The topological polar surface area (TPSA) is 114 Å². The molecule has 184 valence electrons. The highest BCUT2D eigenvalue weighted by Gasteiger charge is 2.45. The Hall–Kier alpha value is -4.78. The van der Waals surface area contributed by atoms with Crippen molar-refractivity contribution in [2.45, 2.75) is 24.5 Å². The molecule has 0 amide bonds. The van der Waals surface area contributed by atoms with Crippen LogP contribution in [0.15, 0.2) is 114 Å².